The normalized spacial score (nSPS) is 13.1. The molecule has 1 heterocycles. The topological polar surface area (TPSA) is 98.0 Å². The van der Waals surface area contributed by atoms with Crippen LogP contribution in [0.15, 0.2) is 18.5 Å². The zero-order valence-corrected chi connectivity index (χ0v) is 10.3. The standard InChI is InChI=1S/C8H12N4O2S2/c1-2-6(7(9)15)16(13,14)12-8-10-4-3-5-11-8/h3-6H,2H2,1H3,(H2,9,15)(H,10,11,12). The van der Waals surface area contributed by atoms with Gasteiger partial charge in [0.15, 0.2) is 0 Å². The first kappa shape index (κ1) is 12.8. The van der Waals surface area contributed by atoms with Crippen molar-refractivity contribution in [2.24, 2.45) is 5.73 Å². The van der Waals surface area contributed by atoms with E-state index in [2.05, 4.69) is 14.7 Å². The van der Waals surface area contributed by atoms with E-state index in [1.54, 1.807) is 13.0 Å². The Morgan fingerprint density at radius 3 is 2.56 bits per heavy atom. The molecule has 0 bridgehead atoms. The Balaban J connectivity index is 2.91. The fraction of sp³-hybridized carbons (Fsp3) is 0.375. The molecule has 0 fully saturated rings. The van der Waals surface area contributed by atoms with E-state index in [9.17, 15) is 8.42 Å². The molecule has 6 nitrogen and oxygen atoms in total. The molecule has 0 aliphatic heterocycles. The van der Waals surface area contributed by atoms with Gasteiger partial charge in [0.25, 0.3) is 0 Å². The van der Waals surface area contributed by atoms with Crippen molar-refractivity contribution in [2.75, 3.05) is 4.72 Å². The van der Waals surface area contributed by atoms with Gasteiger partial charge in [-0.2, -0.15) is 0 Å². The van der Waals surface area contributed by atoms with Crippen LogP contribution in [0.5, 0.6) is 0 Å². The van der Waals surface area contributed by atoms with Crippen molar-refractivity contribution < 1.29 is 8.42 Å². The highest BCUT2D eigenvalue weighted by atomic mass is 32.2. The van der Waals surface area contributed by atoms with Crippen LogP contribution in [0.25, 0.3) is 0 Å². The van der Waals surface area contributed by atoms with E-state index in [1.165, 1.54) is 12.4 Å². The summed E-state index contributed by atoms with van der Waals surface area (Å²) in [4.78, 5) is 7.44. The Bertz CT molecular complexity index is 460. The maximum Gasteiger partial charge on any atom is 0.244 e. The smallest absolute Gasteiger partial charge is 0.244 e. The van der Waals surface area contributed by atoms with Crippen molar-refractivity contribution in [3.05, 3.63) is 18.5 Å². The van der Waals surface area contributed by atoms with E-state index in [-0.39, 0.29) is 10.9 Å². The first-order valence-corrected chi connectivity index (χ1v) is 6.50. The molecule has 1 aromatic heterocycles. The number of hydrogen-bond acceptors (Lipinski definition) is 5. The molecule has 16 heavy (non-hydrogen) atoms. The van der Waals surface area contributed by atoms with Crippen LogP contribution in [-0.4, -0.2) is 28.6 Å². The van der Waals surface area contributed by atoms with Crippen LogP contribution in [0.4, 0.5) is 5.95 Å². The van der Waals surface area contributed by atoms with E-state index < -0.39 is 15.3 Å². The van der Waals surface area contributed by atoms with Gasteiger partial charge in [-0.05, 0) is 12.5 Å². The lowest BCUT2D eigenvalue weighted by molar-refractivity contribution is 0.594. The van der Waals surface area contributed by atoms with Crippen LogP contribution in [0.2, 0.25) is 0 Å². The fourth-order valence-corrected chi connectivity index (χ4v) is 2.92. The van der Waals surface area contributed by atoms with Gasteiger partial charge < -0.3 is 5.73 Å². The average Bonchev–Trinajstić information content (AvgIpc) is 2.18. The van der Waals surface area contributed by atoms with Gasteiger partial charge in [-0.15, -0.1) is 0 Å². The Morgan fingerprint density at radius 2 is 2.12 bits per heavy atom. The highest BCUT2D eigenvalue weighted by Crippen LogP contribution is 2.09. The summed E-state index contributed by atoms with van der Waals surface area (Å²) in [6.45, 7) is 1.69. The lowest BCUT2D eigenvalue weighted by atomic mass is 10.3. The molecule has 1 unspecified atom stereocenters. The Morgan fingerprint density at radius 1 is 1.56 bits per heavy atom. The third-order valence-corrected chi connectivity index (χ3v) is 4.10. The van der Waals surface area contributed by atoms with Gasteiger partial charge in [0.1, 0.15) is 5.25 Å². The highest BCUT2D eigenvalue weighted by molar-refractivity contribution is 7.95. The van der Waals surface area contributed by atoms with Crippen molar-refractivity contribution >= 4 is 33.2 Å². The lowest BCUT2D eigenvalue weighted by Gasteiger charge is -2.14. The minimum atomic E-state index is -3.67. The molecule has 3 N–H and O–H groups in total. The summed E-state index contributed by atoms with van der Waals surface area (Å²) in [7, 11) is -3.67. The summed E-state index contributed by atoms with van der Waals surface area (Å²) in [6.07, 6.45) is 3.18. The summed E-state index contributed by atoms with van der Waals surface area (Å²) in [6, 6.07) is 1.59. The van der Waals surface area contributed by atoms with Crippen LogP contribution >= 0.6 is 12.2 Å². The molecule has 0 amide bonds. The van der Waals surface area contributed by atoms with Crippen LogP contribution in [0.3, 0.4) is 0 Å². The number of nitrogens with zero attached hydrogens (tertiary/aromatic N) is 2. The second-order valence-electron chi connectivity index (χ2n) is 3.02. The largest absolute Gasteiger partial charge is 0.392 e. The molecule has 0 spiro atoms. The van der Waals surface area contributed by atoms with Crippen molar-refractivity contribution in [1.29, 1.82) is 0 Å². The first-order chi connectivity index (χ1) is 7.47. The predicted molar refractivity (Wildman–Crippen MR) is 65.4 cm³/mol. The van der Waals surface area contributed by atoms with E-state index in [0.717, 1.165) is 0 Å². The van der Waals surface area contributed by atoms with Gasteiger partial charge in [0.05, 0.1) is 4.99 Å². The lowest BCUT2D eigenvalue weighted by Crippen LogP contribution is -2.38. The van der Waals surface area contributed by atoms with Crippen molar-refractivity contribution in [3.63, 3.8) is 0 Å². The fourth-order valence-electron chi connectivity index (χ4n) is 1.12. The second-order valence-corrected chi connectivity index (χ2v) is 5.35. The van der Waals surface area contributed by atoms with Crippen molar-refractivity contribution in [2.45, 2.75) is 18.6 Å². The minimum absolute atomic E-state index is 0.0113. The summed E-state index contributed by atoms with van der Waals surface area (Å²) in [5.41, 5.74) is 5.36. The molecule has 1 rings (SSSR count). The van der Waals surface area contributed by atoms with Gasteiger partial charge >= 0.3 is 0 Å². The molecule has 0 aromatic carbocycles. The summed E-state index contributed by atoms with van der Waals surface area (Å²) in [5, 5.41) is -0.911. The third-order valence-electron chi connectivity index (χ3n) is 1.86. The molecule has 0 aliphatic carbocycles. The Hall–Kier alpha value is -1.28. The maximum absolute atomic E-state index is 11.8. The molecule has 88 valence electrons. The predicted octanol–water partition coefficient (Wildman–Crippen LogP) is 0.283. The quantitative estimate of drug-likeness (QED) is 0.738. The van der Waals surface area contributed by atoms with Crippen LogP contribution < -0.4 is 10.5 Å². The van der Waals surface area contributed by atoms with E-state index in [0.29, 0.717) is 6.42 Å². The van der Waals surface area contributed by atoms with E-state index in [4.69, 9.17) is 18.0 Å². The molecule has 1 atom stereocenters. The molecule has 0 radical (unpaired) electrons. The third kappa shape index (κ3) is 3.11. The van der Waals surface area contributed by atoms with E-state index in [1.807, 2.05) is 0 Å². The zero-order chi connectivity index (χ0) is 12.2. The van der Waals surface area contributed by atoms with Crippen LogP contribution in [-0.2, 0) is 10.0 Å². The molecular formula is C8H12N4O2S2. The molecule has 8 heteroatoms. The van der Waals surface area contributed by atoms with Crippen LogP contribution in [0.1, 0.15) is 13.3 Å². The SMILES string of the molecule is CCC(C(N)=S)S(=O)(=O)Nc1ncccn1. The summed E-state index contributed by atoms with van der Waals surface area (Å²) >= 11 is 4.70. The summed E-state index contributed by atoms with van der Waals surface area (Å²) in [5.74, 6) is 0.0113. The number of thiocarbonyl (C=S) groups is 1. The number of hydrogen-bond donors (Lipinski definition) is 2. The molecule has 0 saturated carbocycles. The van der Waals surface area contributed by atoms with Gasteiger partial charge in [-0.1, -0.05) is 19.1 Å². The first-order valence-electron chi connectivity index (χ1n) is 4.55. The van der Waals surface area contributed by atoms with Gasteiger partial charge in [0, 0.05) is 12.4 Å². The van der Waals surface area contributed by atoms with Gasteiger partial charge in [-0.25, -0.2) is 18.4 Å². The Labute approximate surface area is 99.3 Å². The summed E-state index contributed by atoms with van der Waals surface area (Å²) < 4.78 is 25.9. The number of anilines is 1. The molecule has 0 aliphatic rings. The second kappa shape index (κ2) is 5.17. The Kier molecular flexibility index (Phi) is 4.13. The number of nitrogens with two attached hydrogens (primary N) is 1. The zero-order valence-electron chi connectivity index (χ0n) is 8.62. The number of rotatable bonds is 5. The van der Waals surface area contributed by atoms with Crippen molar-refractivity contribution in [3.8, 4) is 0 Å². The number of sulfonamides is 1. The number of nitrogens with one attached hydrogen (secondary N) is 1. The van der Waals surface area contributed by atoms with Crippen molar-refractivity contribution in [1.82, 2.24) is 9.97 Å². The van der Waals surface area contributed by atoms with Crippen LogP contribution in [0, 0.1) is 0 Å². The maximum atomic E-state index is 11.8. The molecule has 1 aromatic rings. The highest BCUT2D eigenvalue weighted by Gasteiger charge is 2.26. The monoisotopic (exact) mass is 260 g/mol. The molecule has 0 saturated heterocycles. The average molecular weight is 260 g/mol. The minimum Gasteiger partial charge on any atom is -0.392 e. The van der Waals surface area contributed by atoms with Gasteiger partial charge in [0.2, 0.25) is 16.0 Å². The number of aromatic nitrogens is 2. The van der Waals surface area contributed by atoms with E-state index >= 15 is 0 Å². The molecular weight excluding hydrogens is 248 g/mol. The van der Waals surface area contributed by atoms with Gasteiger partial charge in [-0.3, -0.25) is 4.72 Å².